The largest absolute Gasteiger partial charge is 0.350 e. The van der Waals surface area contributed by atoms with Gasteiger partial charge >= 0.3 is 6.03 Å². The van der Waals surface area contributed by atoms with Gasteiger partial charge in [0.15, 0.2) is 5.82 Å². The van der Waals surface area contributed by atoms with E-state index in [9.17, 15) is 4.79 Å². The molecule has 6 nitrogen and oxygen atoms in total. The van der Waals surface area contributed by atoms with Crippen LogP contribution in [0.1, 0.15) is 19.3 Å². The van der Waals surface area contributed by atoms with Gasteiger partial charge in [-0.3, -0.25) is 0 Å². The zero-order valence-electron chi connectivity index (χ0n) is 8.52. The summed E-state index contributed by atoms with van der Waals surface area (Å²) in [6.07, 6.45) is 6.60. The Bertz CT molecular complexity index is 317. The number of H-pyrrole nitrogens is 1. The summed E-state index contributed by atoms with van der Waals surface area (Å²) >= 11 is 0. The first-order chi connectivity index (χ1) is 7.29. The maximum Gasteiger partial charge on any atom is 0.335 e. The molecule has 15 heavy (non-hydrogen) atoms. The van der Waals surface area contributed by atoms with E-state index in [0.717, 1.165) is 25.9 Å². The molecular weight excluding hydrogens is 194 g/mol. The number of piperidine rings is 1. The highest BCUT2D eigenvalue weighted by Gasteiger charge is 2.23. The number of aromatic amines is 1. The minimum absolute atomic E-state index is 0.482. The van der Waals surface area contributed by atoms with Crippen molar-refractivity contribution in [3.63, 3.8) is 0 Å². The third-order valence-corrected chi connectivity index (χ3v) is 2.52. The summed E-state index contributed by atoms with van der Waals surface area (Å²) in [6, 6.07) is -0.482. The lowest BCUT2D eigenvalue weighted by Gasteiger charge is -2.34. The van der Waals surface area contributed by atoms with Crippen molar-refractivity contribution < 1.29 is 4.79 Å². The Morgan fingerprint density at radius 1 is 1.47 bits per heavy atom. The number of hydrogen-bond donors (Lipinski definition) is 2. The molecule has 0 bridgehead atoms. The number of nitrogens with two attached hydrogens (primary N) is 1. The molecule has 0 saturated carbocycles. The van der Waals surface area contributed by atoms with E-state index >= 15 is 0 Å². The van der Waals surface area contributed by atoms with Crippen LogP contribution in [0.15, 0.2) is 12.5 Å². The van der Waals surface area contributed by atoms with Crippen molar-refractivity contribution in [1.82, 2.24) is 15.0 Å². The lowest BCUT2D eigenvalue weighted by atomic mass is 10.2. The smallest absolute Gasteiger partial charge is 0.335 e. The molecule has 0 atom stereocenters. The number of urea groups is 1. The molecule has 0 aliphatic carbocycles. The second kappa shape index (κ2) is 4.31. The number of carbonyl (C=O) groups is 1. The van der Waals surface area contributed by atoms with Gasteiger partial charge in [0.05, 0.1) is 6.33 Å². The summed E-state index contributed by atoms with van der Waals surface area (Å²) in [4.78, 5) is 18.2. The van der Waals surface area contributed by atoms with Gasteiger partial charge in [-0.2, -0.15) is 0 Å². The summed E-state index contributed by atoms with van der Waals surface area (Å²) in [5.41, 5.74) is 5.35. The van der Waals surface area contributed by atoms with Crippen LogP contribution in [-0.4, -0.2) is 34.1 Å². The van der Waals surface area contributed by atoms with Gasteiger partial charge in [-0.25, -0.2) is 19.8 Å². The Morgan fingerprint density at radius 3 is 2.73 bits per heavy atom. The van der Waals surface area contributed by atoms with Gasteiger partial charge in [0, 0.05) is 19.3 Å². The first kappa shape index (κ1) is 9.97. The molecule has 0 radical (unpaired) electrons. The molecule has 1 aliphatic heterocycles. The molecule has 3 N–H and O–H groups in total. The Kier molecular flexibility index (Phi) is 2.86. The molecular formula is C9H15N5O. The molecule has 2 amide bonds. The monoisotopic (exact) mass is 209 g/mol. The lowest BCUT2D eigenvalue weighted by Crippen LogP contribution is -2.51. The van der Waals surface area contributed by atoms with Crippen molar-refractivity contribution in [1.29, 1.82) is 0 Å². The van der Waals surface area contributed by atoms with E-state index in [-0.39, 0.29) is 0 Å². The van der Waals surface area contributed by atoms with Crippen molar-refractivity contribution in [3.8, 4) is 0 Å². The molecule has 2 heterocycles. The number of amides is 2. The van der Waals surface area contributed by atoms with E-state index in [2.05, 4.69) is 9.97 Å². The SMILES string of the molecule is NC(=O)N(c1c[nH]cn1)N1CCCCC1. The Morgan fingerprint density at radius 2 is 2.20 bits per heavy atom. The van der Waals surface area contributed by atoms with Crippen molar-refractivity contribution in [3.05, 3.63) is 12.5 Å². The number of anilines is 1. The zero-order valence-corrected chi connectivity index (χ0v) is 8.52. The Balaban J connectivity index is 2.15. The van der Waals surface area contributed by atoms with Gasteiger partial charge in [-0.05, 0) is 12.8 Å². The number of primary amides is 1. The molecule has 1 fully saturated rings. The fraction of sp³-hybridized carbons (Fsp3) is 0.556. The number of nitrogens with zero attached hydrogens (tertiary/aromatic N) is 3. The minimum Gasteiger partial charge on any atom is -0.350 e. The van der Waals surface area contributed by atoms with E-state index in [1.54, 1.807) is 6.20 Å². The van der Waals surface area contributed by atoms with E-state index < -0.39 is 6.03 Å². The van der Waals surface area contributed by atoms with Gasteiger partial charge in [0.25, 0.3) is 0 Å². The van der Waals surface area contributed by atoms with Crippen LogP contribution in [-0.2, 0) is 0 Å². The highest BCUT2D eigenvalue weighted by Crippen LogP contribution is 2.17. The van der Waals surface area contributed by atoms with Crippen LogP contribution in [0.5, 0.6) is 0 Å². The maximum atomic E-state index is 11.3. The second-order valence-electron chi connectivity index (χ2n) is 3.59. The van der Waals surface area contributed by atoms with Crippen LogP contribution in [0.25, 0.3) is 0 Å². The quantitative estimate of drug-likeness (QED) is 0.752. The van der Waals surface area contributed by atoms with Gasteiger partial charge in [-0.1, -0.05) is 6.42 Å². The molecule has 2 rings (SSSR count). The Hall–Kier alpha value is -1.56. The third kappa shape index (κ3) is 2.10. The molecule has 1 saturated heterocycles. The average molecular weight is 209 g/mol. The standard InChI is InChI=1S/C9H15N5O/c10-9(15)14(8-6-11-7-12-8)13-4-2-1-3-5-13/h6-7H,1-5H2,(H2,10,15)(H,11,12). The highest BCUT2D eigenvalue weighted by atomic mass is 16.2. The first-order valence-electron chi connectivity index (χ1n) is 5.12. The second-order valence-corrected chi connectivity index (χ2v) is 3.59. The van der Waals surface area contributed by atoms with Crippen LogP contribution in [0.2, 0.25) is 0 Å². The summed E-state index contributed by atoms with van der Waals surface area (Å²) in [5.74, 6) is 0.560. The van der Waals surface area contributed by atoms with Crippen molar-refractivity contribution in [2.45, 2.75) is 19.3 Å². The van der Waals surface area contributed by atoms with E-state index in [1.807, 2.05) is 5.01 Å². The zero-order chi connectivity index (χ0) is 10.7. The van der Waals surface area contributed by atoms with E-state index in [4.69, 9.17) is 5.73 Å². The maximum absolute atomic E-state index is 11.3. The average Bonchev–Trinajstić information content (AvgIpc) is 2.72. The molecule has 82 valence electrons. The topological polar surface area (TPSA) is 78.2 Å². The van der Waals surface area contributed by atoms with Gasteiger partial charge in [-0.15, -0.1) is 0 Å². The normalized spacial score (nSPS) is 17.6. The van der Waals surface area contributed by atoms with Gasteiger partial charge in [0.2, 0.25) is 0 Å². The number of aromatic nitrogens is 2. The fourth-order valence-electron chi connectivity index (χ4n) is 1.84. The minimum atomic E-state index is -0.482. The van der Waals surface area contributed by atoms with Crippen LogP contribution >= 0.6 is 0 Å². The summed E-state index contributed by atoms with van der Waals surface area (Å²) < 4.78 is 0. The number of hydrogen-bond acceptors (Lipinski definition) is 3. The number of rotatable bonds is 2. The summed E-state index contributed by atoms with van der Waals surface area (Å²) in [7, 11) is 0. The first-order valence-corrected chi connectivity index (χ1v) is 5.12. The third-order valence-electron chi connectivity index (χ3n) is 2.52. The van der Waals surface area contributed by atoms with Crippen molar-refractivity contribution in [2.24, 2.45) is 5.73 Å². The molecule has 1 aliphatic rings. The number of hydrazine groups is 1. The Labute approximate surface area is 88.0 Å². The predicted molar refractivity (Wildman–Crippen MR) is 56.1 cm³/mol. The van der Waals surface area contributed by atoms with Crippen LogP contribution in [0.4, 0.5) is 10.6 Å². The number of nitrogens with one attached hydrogen (secondary N) is 1. The lowest BCUT2D eigenvalue weighted by molar-refractivity contribution is 0.196. The van der Waals surface area contributed by atoms with Crippen LogP contribution in [0, 0.1) is 0 Å². The predicted octanol–water partition coefficient (Wildman–Crippen LogP) is 0.696. The molecule has 0 aromatic carbocycles. The van der Waals surface area contributed by atoms with Crippen molar-refractivity contribution in [2.75, 3.05) is 18.1 Å². The molecule has 1 aromatic heterocycles. The van der Waals surface area contributed by atoms with Crippen LogP contribution < -0.4 is 10.7 Å². The summed E-state index contributed by atoms with van der Waals surface area (Å²) in [5, 5.41) is 3.39. The molecule has 0 unspecified atom stereocenters. The van der Waals surface area contributed by atoms with E-state index in [1.165, 1.54) is 17.8 Å². The van der Waals surface area contributed by atoms with Crippen molar-refractivity contribution >= 4 is 11.8 Å². The summed E-state index contributed by atoms with van der Waals surface area (Å²) in [6.45, 7) is 1.71. The van der Waals surface area contributed by atoms with E-state index in [0.29, 0.717) is 5.82 Å². The highest BCUT2D eigenvalue weighted by molar-refractivity contribution is 5.88. The molecule has 6 heteroatoms. The fourth-order valence-corrected chi connectivity index (χ4v) is 1.84. The van der Waals surface area contributed by atoms with Gasteiger partial charge in [0.1, 0.15) is 0 Å². The number of carbonyl (C=O) groups excluding carboxylic acids is 1. The number of imidazole rings is 1. The molecule has 0 spiro atoms. The molecule has 1 aromatic rings. The van der Waals surface area contributed by atoms with Crippen LogP contribution in [0.3, 0.4) is 0 Å². The van der Waals surface area contributed by atoms with Gasteiger partial charge < -0.3 is 10.7 Å².